The molecule has 0 aliphatic carbocycles. The number of rotatable bonds is 2. The summed E-state index contributed by atoms with van der Waals surface area (Å²) in [4.78, 5) is 6.23. The summed E-state index contributed by atoms with van der Waals surface area (Å²) in [6.07, 6.45) is -4.39. The molecule has 2 aromatic rings. The van der Waals surface area contributed by atoms with Gasteiger partial charge in [0.15, 0.2) is 5.58 Å². The fourth-order valence-electron chi connectivity index (χ4n) is 2.72. The number of nitrogens with zero attached hydrogens (tertiary/aromatic N) is 2. The highest BCUT2D eigenvalue weighted by Gasteiger charge is 2.34. The van der Waals surface area contributed by atoms with Crippen molar-refractivity contribution in [1.29, 1.82) is 0 Å². The highest BCUT2D eigenvalue weighted by atomic mass is 32.2. The van der Waals surface area contributed by atoms with Crippen LogP contribution < -0.4 is 0 Å². The lowest BCUT2D eigenvalue weighted by atomic mass is 10.2. The number of alkyl halides is 3. The van der Waals surface area contributed by atoms with Gasteiger partial charge in [-0.2, -0.15) is 13.2 Å². The Morgan fingerprint density at radius 2 is 2.13 bits per heavy atom. The SMILES string of the molecule is CC1(C)CN(Cc2nc3cc(C(F)(F)F)ccc3o2)CC[S@@]1=O. The van der Waals surface area contributed by atoms with Crippen LogP contribution in [-0.2, 0) is 23.5 Å². The summed E-state index contributed by atoms with van der Waals surface area (Å²) in [7, 11) is -0.875. The van der Waals surface area contributed by atoms with E-state index < -0.39 is 22.5 Å². The summed E-state index contributed by atoms with van der Waals surface area (Å²) in [6.45, 7) is 5.57. The van der Waals surface area contributed by atoms with Crippen LogP contribution in [0.2, 0.25) is 0 Å². The lowest BCUT2D eigenvalue weighted by Crippen LogP contribution is -2.49. The Labute approximate surface area is 134 Å². The molecule has 1 fully saturated rings. The molecule has 0 amide bonds. The Balaban J connectivity index is 1.80. The molecule has 1 aliphatic heterocycles. The predicted molar refractivity (Wildman–Crippen MR) is 81.4 cm³/mol. The van der Waals surface area contributed by atoms with E-state index in [2.05, 4.69) is 9.88 Å². The molecular formula is C15H17F3N2O2S. The molecule has 0 bridgehead atoms. The quantitative estimate of drug-likeness (QED) is 0.838. The van der Waals surface area contributed by atoms with E-state index >= 15 is 0 Å². The Kier molecular flexibility index (Phi) is 4.00. The number of aromatic nitrogens is 1. The summed E-state index contributed by atoms with van der Waals surface area (Å²) < 4.78 is 55.3. The second kappa shape index (κ2) is 5.59. The minimum absolute atomic E-state index is 0.203. The number of halogens is 3. The topological polar surface area (TPSA) is 46.3 Å². The van der Waals surface area contributed by atoms with E-state index in [0.717, 1.165) is 12.1 Å². The van der Waals surface area contributed by atoms with Crippen molar-refractivity contribution in [3.8, 4) is 0 Å². The van der Waals surface area contributed by atoms with E-state index in [1.54, 1.807) is 0 Å². The van der Waals surface area contributed by atoms with Crippen LogP contribution in [0.1, 0.15) is 25.3 Å². The average molecular weight is 346 g/mol. The number of hydrogen-bond donors (Lipinski definition) is 0. The zero-order valence-electron chi connectivity index (χ0n) is 12.8. The Morgan fingerprint density at radius 3 is 2.78 bits per heavy atom. The maximum Gasteiger partial charge on any atom is 0.416 e. The Hall–Kier alpha value is -1.41. The molecule has 1 aromatic carbocycles. The fourth-order valence-corrected chi connectivity index (χ4v) is 4.03. The standard InChI is InChI=1S/C15H17F3N2O2S/c1-14(2)9-20(5-6-23(14)21)8-13-19-11-7-10(15(16,17)18)3-4-12(11)22-13/h3-4,7H,5-6,8-9H2,1-2H3/t23-/m0/s1. The van der Waals surface area contributed by atoms with Crippen LogP contribution in [0, 0.1) is 0 Å². The van der Waals surface area contributed by atoms with Gasteiger partial charge in [-0.05, 0) is 32.0 Å². The third-order valence-corrected chi connectivity index (χ3v) is 5.85. The van der Waals surface area contributed by atoms with Gasteiger partial charge in [-0.1, -0.05) is 0 Å². The van der Waals surface area contributed by atoms with E-state index in [1.165, 1.54) is 6.07 Å². The van der Waals surface area contributed by atoms with Crippen molar-refractivity contribution in [3.05, 3.63) is 29.7 Å². The lowest BCUT2D eigenvalue weighted by molar-refractivity contribution is -0.137. The molecule has 1 aliphatic rings. The maximum absolute atomic E-state index is 12.7. The molecule has 1 atom stereocenters. The minimum atomic E-state index is -4.39. The van der Waals surface area contributed by atoms with Crippen molar-refractivity contribution in [1.82, 2.24) is 9.88 Å². The number of hydrogen-bond acceptors (Lipinski definition) is 4. The largest absolute Gasteiger partial charge is 0.439 e. The van der Waals surface area contributed by atoms with Gasteiger partial charge in [0.05, 0.1) is 16.9 Å². The molecule has 8 heteroatoms. The smallest absolute Gasteiger partial charge is 0.416 e. The van der Waals surface area contributed by atoms with E-state index in [1.807, 2.05) is 13.8 Å². The Morgan fingerprint density at radius 1 is 1.39 bits per heavy atom. The van der Waals surface area contributed by atoms with E-state index in [-0.39, 0.29) is 10.3 Å². The summed E-state index contributed by atoms with van der Waals surface area (Å²) in [5.74, 6) is 0.952. The molecule has 0 radical (unpaired) electrons. The van der Waals surface area contributed by atoms with E-state index in [9.17, 15) is 17.4 Å². The lowest BCUT2D eigenvalue weighted by Gasteiger charge is -2.36. The van der Waals surface area contributed by atoms with Crippen LogP contribution in [-0.4, -0.2) is 37.7 Å². The highest BCUT2D eigenvalue weighted by Crippen LogP contribution is 2.31. The third kappa shape index (κ3) is 3.42. The normalized spacial score (nSPS) is 22.6. The molecule has 4 nitrogen and oxygen atoms in total. The highest BCUT2D eigenvalue weighted by molar-refractivity contribution is 7.86. The molecule has 2 heterocycles. The zero-order chi connectivity index (χ0) is 16.8. The first-order valence-electron chi connectivity index (χ1n) is 7.23. The van der Waals surface area contributed by atoms with Crippen molar-refractivity contribution < 1.29 is 21.8 Å². The van der Waals surface area contributed by atoms with Crippen LogP contribution in [0.3, 0.4) is 0 Å². The van der Waals surface area contributed by atoms with Gasteiger partial charge in [0, 0.05) is 29.6 Å². The Bertz CT molecular complexity index is 755. The third-order valence-electron chi connectivity index (χ3n) is 3.93. The van der Waals surface area contributed by atoms with Crippen molar-refractivity contribution in [3.63, 3.8) is 0 Å². The van der Waals surface area contributed by atoms with Gasteiger partial charge in [0.1, 0.15) is 5.52 Å². The monoisotopic (exact) mass is 346 g/mol. The molecule has 1 saturated heterocycles. The number of benzene rings is 1. The molecule has 0 N–H and O–H groups in total. The fraction of sp³-hybridized carbons (Fsp3) is 0.533. The van der Waals surface area contributed by atoms with Gasteiger partial charge in [0.25, 0.3) is 0 Å². The van der Waals surface area contributed by atoms with Crippen LogP contribution in [0.4, 0.5) is 13.2 Å². The predicted octanol–water partition coefficient (Wildman–Crippen LogP) is 3.19. The van der Waals surface area contributed by atoms with Gasteiger partial charge in [-0.15, -0.1) is 0 Å². The van der Waals surface area contributed by atoms with Crippen LogP contribution >= 0.6 is 0 Å². The number of fused-ring (bicyclic) bond motifs is 1. The molecule has 0 saturated carbocycles. The van der Waals surface area contributed by atoms with Gasteiger partial charge < -0.3 is 4.42 Å². The summed E-state index contributed by atoms with van der Waals surface area (Å²) >= 11 is 0. The van der Waals surface area contributed by atoms with Gasteiger partial charge in [0.2, 0.25) is 5.89 Å². The van der Waals surface area contributed by atoms with Crippen molar-refractivity contribution in [2.45, 2.75) is 31.3 Å². The van der Waals surface area contributed by atoms with Crippen molar-refractivity contribution >= 4 is 21.9 Å². The second-order valence-corrected chi connectivity index (χ2v) is 8.51. The summed E-state index contributed by atoms with van der Waals surface area (Å²) in [6, 6.07) is 3.28. The second-order valence-electron chi connectivity index (χ2n) is 6.31. The van der Waals surface area contributed by atoms with E-state index in [4.69, 9.17) is 4.42 Å². The minimum Gasteiger partial charge on any atom is -0.439 e. The molecule has 126 valence electrons. The van der Waals surface area contributed by atoms with Gasteiger partial charge in [-0.3, -0.25) is 9.11 Å². The molecule has 3 rings (SSSR count). The van der Waals surface area contributed by atoms with Crippen LogP contribution in [0.15, 0.2) is 22.6 Å². The first-order valence-corrected chi connectivity index (χ1v) is 8.54. The summed E-state index contributed by atoms with van der Waals surface area (Å²) in [5, 5.41) is 0. The summed E-state index contributed by atoms with van der Waals surface area (Å²) in [5.41, 5.74) is -0.193. The van der Waals surface area contributed by atoms with E-state index in [0.29, 0.717) is 36.9 Å². The molecule has 0 spiro atoms. The van der Waals surface area contributed by atoms with Crippen molar-refractivity contribution in [2.75, 3.05) is 18.8 Å². The van der Waals surface area contributed by atoms with Crippen LogP contribution in [0.5, 0.6) is 0 Å². The number of oxazole rings is 1. The first kappa shape index (κ1) is 16.4. The first-order chi connectivity index (χ1) is 10.6. The average Bonchev–Trinajstić information content (AvgIpc) is 2.82. The zero-order valence-corrected chi connectivity index (χ0v) is 13.6. The molecule has 1 aromatic heterocycles. The molecular weight excluding hydrogens is 329 g/mol. The van der Waals surface area contributed by atoms with Gasteiger partial charge in [-0.25, -0.2) is 4.98 Å². The van der Waals surface area contributed by atoms with Crippen LogP contribution in [0.25, 0.3) is 11.1 Å². The molecule has 23 heavy (non-hydrogen) atoms. The maximum atomic E-state index is 12.7. The van der Waals surface area contributed by atoms with Gasteiger partial charge >= 0.3 is 6.18 Å². The molecule has 0 unspecified atom stereocenters. The van der Waals surface area contributed by atoms with Crippen molar-refractivity contribution in [2.24, 2.45) is 0 Å².